The third-order valence-corrected chi connectivity index (χ3v) is 5.74. The second-order valence-electron chi connectivity index (χ2n) is 6.65. The fraction of sp³-hybridized carbons (Fsp3) is 0.136. The Bertz CT molecular complexity index is 1120. The molecule has 6 nitrogen and oxygen atoms in total. The lowest BCUT2D eigenvalue weighted by Gasteiger charge is -2.07. The normalized spacial score (nSPS) is 10.4. The van der Waals surface area contributed by atoms with Gasteiger partial charge in [-0.1, -0.05) is 41.9 Å². The van der Waals surface area contributed by atoms with Gasteiger partial charge in [0, 0.05) is 6.54 Å². The molecule has 1 heterocycles. The quantitative estimate of drug-likeness (QED) is 0.496. The Morgan fingerprint density at radius 3 is 2.45 bits per heavy atom. The van der Waals surface area contributed by atoms with E-state index in [0.29, 0.717) is 22.0 Å². The number of carbonyl (C=O) groups excluding carboxylic acids is 3. The summed E-state index contributed by atoms with van der Waals surface area (Å²) in [4.78, 5) is 37.2. The number of amides is 3. The van der Waals surface area contributed by atoms with E-state index in [-0.39, 0.29) is 23.0 Å². The molecule has 0 saturated carbocycles. The number of anilines is 1. The van der Waals surface area contributed by atoms with Gasteiger partial charge in [0.25, 0.3) is 11.8 Å². The van der Waals surface area contributed by atoms with Gasteiger partial charge in [0.05, 0.1) is 27.0 Å². The highest BCUT2D eigenvalue weighted by atomic mass is 35.5. The minimum absolute atomic E-state index is 0.00902. The van der Waals surface area contributed by atoms with E-state index in [9.17, 15) is 18.8 Å². The first kappa shape index (κ1) is 22.5. The van der Waals surface area contributed by atoms with Crippen LogP contribution in [0, 0.1) is 12.7 Å². The third-order valence-electron chi connectivity index (χ3n) is 4.28. The molecule has 1 aromatic heterocycles. The number of aryl methyl sites for hydroxylation is 1. The molecular weight excluding hydrogens is 441 g/mol. The molecule has 0 fully saturated rings. The predicted molar refractivity (Wildman–Crippen MR) is 119 cm³/mol. The smallest absolute Gasteiger partial charge is 0.262 e. The van der Waals surface area contributed by atoms with Crippen LogP contribution in [0.5, 0.6) is 0 Å². The minimum Gasteiger partial charge on any atom is -0.350 e. The number of hydrogen-bond acceptors (Lipinski definition) is 4. The molecule has 0 bridgehead atoms. The van der Waals surface area contributed by atoms with E-state index in [4.69, 9.17) is 11.6 Å². The van der Waals surface area contributed by atoms with Crippen molar-refractivity contribution in [1.82, 2.24) is 10.6 Å². The monoisotopic (exact) mass is 459 g/mol. The van der Waals surface area contributed by atoms with Crippen LogP contribution in [0.3, 0.4) is 0 Å². The summed E-state index contributed by atoms with van der Waals surface area (Å²) in [5.74, 6) is -1.79. The standard InChI is InChI=1S/C22H19ClFN3O3S/c1-13-9-19(27-21(29)16-8-7-15(24)10-17(16)23)31-20(13)22(30)26-12-18(28)25-11-14-5-3-2-4-6-14/h2-10H,11-12H2,1H3,(H,25,28)(H,26,30)(H,27,29). The number of hydrogen-bond donors (Lipinski definition) is 3. The van der Waals surface area contributed by atoms with Crippen molar-refractivity contribution in [2.45, 2.75) is 13.5 Å². The summed E-state index contributed by atoms with van der Waals surface area (Å²) >= 11 is 6.98. The van der Waals surface area contributed by atoms with Gasteiger partial charge in [-0.3, -0.25) is 14.4 Å². The van der Waals surface area contributed by atoms with Crippen LogP contribution in [0.25, 0.3) is 0 Å². The molecule has 0 aliphatic carbocycles. The molecule has 160 valence electrons. The average Bonchev–Trinajstić information content (AvgIpc) is 3.11. The summed E-state index contributed by atoms with van der Waals surface area (Å²) in [6.45, 7) is 1.92. The van der Waals surface area contributed by atoms with Gasteiger partial charge in [0.1, 0.15) is 5.82 Å². The lowest BCUT2D eigenvalue weighted by molar-refractivity contribution is -0.120. The van der Waals surface area contributed by atoms with Crippen LogP contribution in [0.15, 0.2) is 54.6 Å². The minimum atomic E-state index is -0.541. The van der Waals surface area contributed by atoms with Crippen LogP contribution < -0.4 is 16.0 Å². The molecule has 0 atom stereocenters. The maximum absolute atomic E-state index is 13.2. The molecule has 3 N–H and O–H groups in total. The van der Waals surface area contributed by atoms with E-state index in [0.717, 1.165) is 29.0 Å². The van der Waals surface area contributed by atoms with Crippen molar-refractivity contribution >= 4 is 45.7 Å². The van der Waals surface area contributed by atoms with Gasteiger partial charge in [-0.15, -0.1) is 11.3 Å². The SMILES string of the molecule is Cc1cc(NC(=O)c2ccc(F)cc2Cl)sc1C(=O)NCC(=O)NCc1ccccc1. The number of halogens is 2. The van der Waals surface area contributed by atoms with Crippen LogP contribution in [0.1, 0.15) is 31.2 Å². The van der Waals surface area contributed by atoms with E-state index >= 15 is 0 Å². The molecule has 3 rings (SSSR count). The number of carbonyl (C=O) groups is 3. The highest BCUT2D eigenvalue weighted by Gasteiger charge is 2.17. The predicted octanol–water partition coefficient (Wildman–Crippen LogP) is 4.15. The fourth-order valence-corrected chi connectivity index (χ4v) is 3.96. The van der Waals surface area contributed by atoms with Gasteiger partial charge in [-0.05, 0) is 42.3 Å². The van der Waals surface area contributed by atoms with E-state index in [2.05, 4.69) is 16.0 Å². The van der Waals surface area contributed by atoms with E-state index in [1.165, 1.54) is 6.07 Å². The van der Waals surface area contributed by atoms with Gasteiger partial charge in [0.2, 0.25) is 5.91 Å². The topological polar surface area (TPSA) is 87.3 Å². The molecule has 9 heteroatoms. The van der Waals surface area contributed by atoms with E-state index in [1.807, 2.05) is 30.3 Å². The van der Waals surface area contributed by atoms with E-state index in [1.54, 1.807) is 13.0 Å². The molecule has 0 unspecified atom stereocenters. The second kappa shape index (κ2) is 10.2. The maximum Gasteiger partial charge on any atom is 0.262 e. The van der Waals surface area contributed by atoms with Crippen LogP contribution in [-0.4, -0.2) is 24.3 Å². The summed E-state index contributed by atoms with van der Waals surface area (Å²) in [6.07, 6.45) is 0. The van der Waals surface area contributed by atoms with Gasteiger partial charge in [-0.25, -0.2) is 4.39 Å². The van der Waals surface area contributed by atoms with Crippen molar-refractivity contribution in [2.75, 3.05) is 11.9 Å². The molecule has 0 aliphatic rings. The van der Waals surface area contributed by atoms with Crippen molar-refractivity contribution < 1.29 is 18.8 Å². The Balaban J connectivity index is 1.55. The average molecular weight is 460 g/mol. The molecular formula is C22H19ClFN3O3S. The highest BCUT2D eigenvalue weighted by molar-refractivity contribution is 7.18. The zero-order valence-corrected chi connectivity index (χ0v) is 18.1. The zero-order chi connectivity index (χ0) is 22.4. The van der Waals surface area contributed by atoms with Crippen LogP contribution >= 0.6 is 22.9 Å². The van der Waals surface area contributed by atoms with Gasteiger partial charge >= 0.3 is 0 Å². The number of nitrogens with one attached hydrogen (secondary N) is 3. The largest absolute Gasteiger partial charge is 0.350 e. The number of thiophene rings is 1. The van der Waals surface area contributed by atoms with Crippen LogP contribution in [-0.2, 0) is 11.3 Å². The molecule has 31 heavy (non-hydrogen) atoms. The Morgan fingerprint density at radius 1 is 1.00 bits per heavy atom. The Morgan fingerprint density at radius 2 is 1.74 bits per heavy atom. The summed E-state index contributed by atoms with van der Waals surface area (Å²) in [5, 5.41) is 8.38. The maximum atomic E-state index is 13.2. The van der Waals surface area contributed by atoms with Crippen molar-refractivity contribution in [3.05, 3.63) is 87.0 Å². The fourth-order valence-electron chi connectivity index (χ4n) is 2.72. The third kappa shape index (κ3) is 6.13. The first-order valence-corrected chi connectivity index (χ1v) is 10.5. The highest BCUT2D eigenvalue weighted by Crippen LogP contribution is 2.28. The molecule has 3 aromatic rings. The van der Waals surface area contributed by atoms with Gasteiger partial charge < -0.3 is 16.0 Å². The van der Waals surface area contributed by atoms with Crippen molar-refractivity contribution in [3.8, 4) is 0 Å². The molecule has 0 saturated heterocycles. The molecule has 3 amide bonds. The van der Waals surface area contributed by atoms with E-state index < -0.39 is 17.6 Å². The molecule has 0 spiro atoms. The number of rotatable bonds is 7. The van der Waals surface area contributed by atoms with Gasteiger partial charge in [-0.2, -0.15) is 0 Å². The summed E-state index contributed by atoms with van der Waals surface area (Å²) < 4.78 is 13.2. The first-order valence-electron chi connectivity index (χ1n) is 9.29. The lowest BCUT2D eigenvalue weighted by atomic mass is 10.2. The lowest BCUT2D eigenvalue weighted by Crippen LogP contribution is -2.36. The first-order chi connectivity index (χ1) is 14.8. The van der Waals surface area contributed by atoms with Gasteiger partial charge in [0.15, 0.2) is 0 Å². The van der Waals surface area contributed by atoms with Crippen LogP contribution in [0.2, 0.25) is 5.02 Å². The molecule has 0 aliphatic heterocycles. The summed E-state index contributed by atoms with van der Waals surface area (Å²) in [6, 6.07) is 14.6. The zero-order valence-electron chi connectivity index (χ0n) is 16.5. The molecule has 2 aromatic carbocycles. The summed E-state index contributed by atoms with van der Waals surface area (Å²) in [7, 11) is 0. The number of benzene rings is 2. The van der Waals surface area contributed by atoms with Crippen molar-refractivity contribution in [2.24, 2.45) is 0 Å². The Hall–Kier alpha value is -3.23. The van der Waals surface area contributed by atoms with Crippen molar-refractivity contribution in [3.63, 3.8) is 0 Å². The Labute approximate surface area is 187 Å². The second-order valence-corrected chi connectivity index (χ2v) is 8.11. The van der Waals surface area contributed by atoms with Crippen molar-refractivity contribution in [1.29, 1.82) is 0 Å². The Kier molecular flexibility index (Phi) is 7.38. The molecule has 0 radical (unpaired) electrons. The summed E-state index contributed by atoms with van der Waals surface area (Å²) in [5.41, 5.74) is 1.72. The van der Waals surface area contributed by atoms with Crippen LogP contribution in [0.4, 0.5) is 9.39 Å².